The van der Waals surface area contributed by atoms with Crippen LogP contribution in [0.3, 0.4) is 0 Å². The predicted molar refractivity (Wildman–Crippen MR) is 71.0 cm³/mol. The molecule has 0 amide bonds. The van der Waals surface area contributed by atoms with Gasteiger partial charge in [-0.2, -0.15) is 9.40 Å². The number of rotatable bonds is 4. The first-order valence-corrected chi connectivity index (χ1v) is 7.67. The van der Waals surface area contributed by atoms with Crippen LogP contribution in [0.4, 0.5) is 5.82 Å². The van der Waals surface area contributed by atoms with Crippen LogP contribution >= 0.6 is 0 Å². The van der Waals surface area contributed by atoms with Crippen LogP contribution in [0.2, 0.25) is 0 Å². The van der Waals surface area contributed by atoms with Gasteiger partial charge in [-0.25, -0.2) is 8.42 Å². The standard InChI is InChI=1S/C11H20N4O3S/c1-14-7-10(11(12)13-14)19(16,17)15-5-3-4-9(6-15)8-18-2/h7,9H,3-6,8H2,1-2H3,(H2,12,13). The predicted octanol–water partition coefficient (Wildman–Crippen LogP) is 0.0494. The van der Waals surface area contributed by atoms with E-state index < -0.39 is 10.0 Å². The topological polar surface area (TPSA) is 90.5 Å². The Morgan fingerprint density at radius 2 is 2.32 bits per heavy atom. The third kappa shape index (κ3) is 2.90. The van der Waals surface area contributed by atoms with E-state index in [0.29, 0.717) is 19.7 Å². The highest BCUT2D eigenvalue weighted by molar-refractivity contribution is 7.89. The van der Waals surface area contributed by atoms with Gasteiger partial charge in [0.1, 0.15) is 4.90 Å². The van der Waals surface area contributed by atoms with E-state index in [9.17, 15) is 8.42 Å². The molecule has 1 atom stereocenters. The summed E-state index contributed by atoms with van der Waals surface area (Å²) in [6.45, 7) is 1.58. The zero-order valence-electron chi connectivity index (χ0n) is 11.2. The van der Waals surface area contributed by atoms with Gasteiger partial charge >= 0.3 is 0 Å². The Morgan fingerprint density at radius 3 is 2.89 bits per heavy atom. The van der Waals surface area contributed by atoms with Crippen molar-refractivity contribution in [3.63, 3.8) is 0 Å². The van der Waals surface area contributed by atoms with Crippen molar-refractivity contribution in [2.75, 3.05) is 32.5 Å². The number of ether oxygens (including phenoxy) is 1. The number of piperidine rings is 1. The Morgan fingerprint density at radius 1 is 1.58 bits per heavy atom. The highest BCUT2D eigenvalue weighted by Crippen LogP contribution is 2.26. The largest absolute Gasteiger partial charge is 0.384 e. The zero-order valence-corrected chi connectivity index (χ0v) is 12.1. The van der Waals surface area contributed by atoms with E-state index in [1.54, 1.807) is 14.2 Å². The zero-order chi connectivity index (χ0) is 14.0. The molecule has 1 aromatic heterocycles. The van der Waals surface area contributed by atoms with Crippen LogP contribution < -0.4 is 5.73 Å². The molecular weight excluding hydrogens is 268 g/mol. The molecule has 2 rings (SSSR count). The van der Waals surface area contributed by atoms with E-state index in [0.717, 1.165) is 12.8 Å². The average Bonchev–Trinajstić information content (AvgIpc) is 2.70. The van der Waals surface area contributed by atoms with Crippen LogP contribution in [0.1, 0.15) is 12.8 Å². The third-order valence-corrected chi connectivity index (χ3v) is 5.21. The molecule has 19 heavy (non-hydrogen) atoms. The van der Waals surface area contributed by atoms with Crippen LogP contribution in [-0.2, 0) is 21.8 Å². The SMILES string of the molecule is COCC1CCCN(S(=O)(=O)c2cn(C)nc2N)C1. The van der Waals surface area contributed by atoms with E-state index in [4.69, 9.17) is 10.5 Å². The first-order valence-electron chi connectivity index (χ1n) is 6.23. The Balaban J connectivity index is 2.22. The van der Waals surface area contributed by atoms with Crippen molar-refractivity contribution < 1.29 is 13.2 Å². The Hall–Kier alpha value is -1.12. The lowest BCUT2D eigenvalue weighted by Gasteiger charge is -2.31. The molecule has 0 bridgehead atoms. The summed E-state index contributed by atoms with van der Waals surface area (Å²) in [4.78, 5) is 0.0908. The number of anilines is 1. The molecule has 2 N–H and O–H groups in total. The molecule has 1 fully saturated rings. The number of nitrogen functional groups attached to an aromatic ring is 1. The van der Waals surface area contributed by atoms with Crippen molar-refractivity contribution >= 4 is 15.8 Å². The lowest BCUT2D eigenvalue weighted by Crippen LogP contribution is -2.41. The van der Waals surface area contributed by atoms with E-state index in [1.807, 2.05) is 0 Å². The van der Waals surface area contributed by atoms with Gasteiger partial charge < -0.3 is 10.5 Å². The molecule has 2 heterocycles. The molecule has 1 aliphatic heterocycles. The lowest BCUT2D eigenvalue weighted by molar-refractivity contribution is 0.118. The van der Waals surface area contributed by atoms with Crippen molar-refractivity contribution in [3.05, 3.63) is 6.20 Å². The van der Waals surface area contributed by atoms with Crippen molar-refractivity contribution in [2.45, 2.75) is 17.7 Å². The number of aromatic nitrogens is 2. The molecule has 7 nitrogen and oxygen atoms in total. The average molecular weight is 288 g/mol. The number of hydrogen-bond donors (Lipinski definition) is 1. The number of hydrogen-bond acceptors (Lipinski definition) is 5. The van der Waals surface area contributed by atoms with Gasteiger partial charge in [0.2, 0.25) is 10.0 Å². The molecule has 0 aromatic carbocycles. The second-order valence-electron chi connectivity index (χ2n) is 4.88. The molecule has 1 aliphatic rings. The minimum Gasteiger partial charge on any atom is -0.384 e. The Labute approximate surface area is 113 Å². The maximum absolute atomic E-state index is 12.5. The molecule has 1 unspecified atom stereocenters. The fourth-order valence-electron chi connectivity index (χ4n) is 2.44. The van der Waals surface area contributed by atoms with Crippen molar-refractivity contribution in [2.24, 2.45) is 13.0 Å². The molecule has 1 aromatic rings. The van der Waals surface area contributed by atoms with Gasteiger partial charge in [-0.1, -0.05) is 0 Å². The minimum atomic E-state index is -3.55. The lowest BCUT2D eigenvalue weighted by atomic mass is 10.0. The summed E-state index contributed by atoms with van der Waals surface area (Å²) in [7, 11) is -0.270. The van der Waals surface area contributed by atoms with Gasteiger partial charge in [-0.15, -0.1) is 0 Å². The number of nitrogens with zero attached hydrogens (tertiary/aromatic N) is 3. The van der Waals surface area contributed by atoms with Gasteiger partial charge in [0.05, 0.1) is 6.61 Å². The van der Waals surface area contributed by atoms with Crippen LogP contribution in [0.15, 0.2) is 11.1 Å². The van der Waals surface area contributed by atoms with Crippen LogP contribution in [0.25, 0.3) is 0 Å². The first-order chi connectivity index (χ1) is 8.95. The molecule has 0 aliphatic carbocycles. The van der Waals surface area contributed by atoms with Gasteiger partial charge in [0, 0.05) is 33.4 Å². The molecule has 1 saturated heterocycles. The van der Waals surface area contributed by atoms with E-state index >= 15 is 0 Å². The maximum atomic E-state index is 12.5. The number of nitrogens with two attached hydrogens (primary N) is 1. The third-order valence-electron chi connectivity index (χ3n) is 3.32. The normalized spacial score (nSPS) is 21.7. The molecule has 0 spiro atoms. The molecule has 8 heteroatoms. The second-order valence-corrected chi connectivity index (χ2v) is 6.79. The molecule has 108 valence electrons. The fourth-order valence-corrected chi connectivity index (χ4v) is 4.08. The number of methoxy groups -OCH3 is 1. The summed E-state index contributed by atoms with van der Waals surface area (Å²) < 4.78 is 33.1. The van der Waals surface area contributed by atoms with E-state index in [2.05, 4.69) is 5.10 Å². The van der Waals surface area contributed by atoms with E-state index in [-0.39, 0.29) is 16.6 Å². The maximum Gasteiger partial charge on any atom is 0.248 e. The smallest absolute Gasteiger partial charge is 0.248 e. The summed E-state index contributed by atoms with van der Waals surface area (Å²) in [5.74, 6) is 0.294. The molecule has 0 saturated carbocycles. The van der Waals surface area contributed by atoms with Gasteiger partial charge in [0.15, 0.2) is 5.82 Å². The minimum absolute atomic E-state index is 0.0522. The first kappa shape index (κ1) is 14.3. The van der Waals surface area contributed by atoms with Crippen molar-refractivity contribution in [1.82, 2.24) is 14.1 Å². The van der Waals surface area contributed by atoms with Crippen molar-refractivity contribution in [3.8, 4) is 0 Å². The van der Waals surface area contributed by atoms with Crippen LogP contribution in [0, 0.1) is 5.92 Å². The van der Waals surface area contributed by atoms with Gasteiger partial charge in [0.25, 0.3) is 0 Å². The molecule has 0 radical (unpaired) electrons. The second kappa shape index (κ2) is 5.48. The van der Waals surface area contributed by atoms with Gasteiger partial charge in [-0.05, 0) is 18.8 Å². The van der Waals surface area contributed by atoms with Crippen LogP contribution in [0.5, 0.6) is 0 Å². The van der Waals surface area contributed by atoms with Crippen LogP contribution in [-0.4, -0.2) is 49.3 Å². The summed E-state index contributed by atoms with van der Waals surface area (Å²) in [6.07, 6.45) is 3.28. The van der Waals surface area contributed by atoms with Crippen molar-refractivity contribution in [1.29, 1.82) is 0 Å². The monoisotopic (exact) mass is 288 g/mol. The van der Waals surface area contributed by atoms with Gasteiger partial charge in [-0.3, -0.25) is 4.68 Å². The Bertz CT molecular complexity index is 538. The summed E-state index contributed by atoms with van der Waals surface area (Å²) >= 11 is 0. The summed E-state index contributed by atoms with van der Waals surface area (Å²) in [5, 5.41) is 3.89. The Kier molecular flexibility index (Phi) is 4.12. The highest BCUT2D eigenvalue weighted by atomic mass is 32.2. The number of aryl methyl sites for hydroxylation is 1. The number of sulfonamides is 1. The highest BCUT2D eigenvalue weighted by Gasteiger charge is 2.32. The summed E-state index contributed by atoms with van der Waals surface area (Å²) in [5.41, 5.74) is 5.67. The fraction of sp³-hybridized carbons (Fsp3) is 0.727. The molecular formula is C11H20N4O3S. The van der Waals surface area contributed by atoms with E-state index in [1.165, 1.54) is 15.2 Å². The summed E-state index contributed by atoms with van der Waals surface area (Å²) in [6, 6.07) is 0. The quantitative estimate of drug-likeness (QED) is 0.845.